The molecule has 0 aromatic carbocycles. The van der Waals surface area contributed by atoms with Crippen molar-refractivity contribution in [3.8, 4) is 11.3 Å². The lowest BCUT2D eigenvalue weighted by Gasteiger charge is -2.35. The number of likely N-dealkylation sites (tertiary alicyclic amines) is 1. The number of carbonyl (C=O) groups is 2. The highest BCUT2D eigenvalue weighted by Crippen LogP contribution is 2.31. The number of pyridine rings is 1. The maximum atomic E-state index is 13.2. The molecule has 1 aliphatic carbocycles. The van der Waals surface area contributed by atoms with Gasteiger partial charge < -0.3 is 10.6 Å². The first-order chi connectivity index (χ1) is 19.4. The molecule has 4 aromatic heterocycles. The van der Waals surface area contributed by atoms with Crippen LogP contribution in [0.1, 0.15) is 67.4 Å². The fourth-order valence-corrected chi connectivity index (χ4v) is 6.07. The Kier molecular flexibility index (Phi) is 7.29. The van der Waals surface area contributed by atoms with Crippen molar-refractivity contribution in [2.75, 3.05) is 17.2 Å². The van der Waals surface area contributed by atoms with Gasteiger partial charge in [-0.15, -0.1) is 0 Å². The first kappa shape index (κ1) is 26.1. The van der Waals surface area contributed by atoms with Gasteiger partial charge in [-0.3, -0.25) is 29.1 Å². The maximum Gasteiger partial charge on any atom is 0.259 e. The fourth-order valence-electron chi connectivity index (χ4n) is 6.07. The highest BCUT2D eigenvalue weighted by Gasteiger charge is 2.32. The number of nitrogens with zero attached hydrogens (tertiary/aromatic N) is 7. The Morgan fingerprint density at radius 3 is 2.60 bits per heavy atom. The first-order valence-electron chi connectivity index (χ1n) is 14.1. The van der Waals surface area contributed by atoms with E-state index in [4.69, 9.17) is 0 Å². The van der Waals surface area contributed by atoms with Gasteiger partial charge in [-0.05, 0) is 45.2 Å². The van der Waals surface area contributed by atoms with Crippen LogP contribution < -0.4 is 10.6 Å². The van der Waals surface area contributed by atoms with E-state index in [1.807, 2.05) is 20.2 Å². The molecule has 0 unspecified atom stereocenters. The zero-order valence-corrected chi connectivity index (χ0v) is 23.0. The van der Waals surface area contributed by atoms with Gasteiger partial charge in [0, 0.05) is 37.3 Å². The van der Waals surface area contributed by atoms with Crippen molar-refractivity contribution in [2.24, 2.45) is 7.05 Å². The molecule has 1 saturated heterocycles. The van der Waals surface area contributed by atoms with Crippen molar-refractivity contribution >= 4 is 28.7 Å². The van der Waals surface area contributed by atoms with Crippen LogP contribution in [-0.4, -0.2) is 64.7 Å². The molecule has 2 amide bonds. The van der Waals surface area contributed by atoms with Crippen molar-refractivity contribution < 1.29 is 9.59 Å². The topological polar surface area (TPSA) is 122 Å². The zero-order chi connectivity index (χ0) is 27.6. The van der Waals surface area contributed by atoms with Crippen molar-refractivity contribution in [3.63, 3.8) is 0 Å². The molecule has 5 heterocycles. The Morgan fingerprint density at radius 1 is 0.950 bits per heavy atom. The van der Waals surface area contributed by atoms with Crippen molar-refractivity contribution in [1.82, 2.24) is 34.3 Å². The molecule has 1 atom stereocenters. The Labute approximate surface area is 233 Å². The minimum absolute atomic E-state index is 0.0197. The van der Waals surface area contributed by atoms with E-state index in [0.29, 0.717) is 52.3 Å². The second kappa shape index (κ2) is 11.2. The molecule has 1 saturated carbocycles. The van der Waals surface area contributed by atoms with E-state index in [1.165, 1.54) is 38.3 Å². The van der Waals surface area contributed by atoms with E-state index in [-0.39, 0.29) is 11.8 Å². The van der Waals surface area contributed by atoms with E-state index >= 15 is 0 Å². The lowest BCUT2D eigenvalue weighted by atomic mass is 9.93. The molecule has 208 valence electrons. The van der Waals surface area contributed by atoms with Crippen LogP contribution in [0.2, 0.25) is 0 Å². The molecule has 4 aromatic rings. The maximum absolute atomic E-state index is 13.2. The van der Waals surface area contributed by atoms with E-state index in [0.717, 1.165) is 24.9 Å². The van der Waals surface area contributed by atoms with Crippen LogP contribution in [-0.2, 0) is 11.8 Å². The third-order valence-corrected chi connectivity index (χ3v) is 8.16. The molecule has 0 radical (unpaired) electrons. The number of aryl methyl sites for hydroxylation is 2. The van der Waals surface area contributed by atoms with Crippen LogP contribution in [0.5, 0.6) is 0 Å². The van der Waals surface area contributed by atoms with Crippen LogP contribution >= 0.6 is 0 Å². The summed E-state index contributed by atoms with van der Waals surface area (Å²) in [5, 5.41) is 14.5. The van der Waals surface area contributed by atoms with Gasteiger partial charge in [0.1, 0.15) is 0 Å². The van der Waals surface area contributed by atoms with Gasteiger partial charge in [0.05, 0.1) is 64.8 Å². The first-order valence-corrected chi connectivity index (χ1v) is 14.1. The second-order valence-electron chi connectivity index (χ2n) is 11.0. The van der Waals surface area contributed by atoms with Gasteiger partial charge >= 0.3 is 0 Å². The summed E-state index contributed by atoms with van der Waals surface area (Å²) < 4.78 is 3.34. The molecule has 2 aliphatic rings. The Balaban J connectivity index is 1.12. The number of aromatic nitrogens is 6. The molecule has 0 bridgehead atoms. The molecule has 6 rings (SSSR count). The van der Waals surface area contributed by atoms with E-state index in [2.05, 4.69) is 35.7 Å². The highest BCUT2D eigenvalue weighted by molar-refractivity contribution is 6.09. The molecule has 0 spiro atoms. The summed E-state index contributed by atoms with van der Waals surface area (Å²) in [6, 6.07) is 2.67. The number of nitrogens with one attached hydrogen (secondary N) is 2. The number of rotatable bonds is 7. The smallest absolute Gasteiger partial charge is 0.259 e. The quantitative estimate of drug-likeness (QED) is 0.359. The lowest BCUT2D eigenvalue weighted by Crippen LogP contribution is -2.41. The van der Waals surface area contributed by atoms with Gasteiger partial charge in [0.15, 0.2) is 0 Å². The summed E-state index contributed by atoms with van der Waals surface area (Å²) in [5.74, 6) is -0.345. The van der Waals surface area contributed by atoms with Crippen LogP contribution in [0.25, 0.3) is 16.8 Å². The number of fused-ring (bicyclic) bond motifs is 1. The fraction of sp³-hybridized carbons (Fsp3) is 0.448. The summed E-state index contributed by atoms with van der Waals surface area (Å²) >= 11 is 0. The van der Waals surface area contributed by atoms with Crippen molar-refractivity contribution in [1.29, 1.82) is 0 Å². The van der Waals surface area contributed by atoms with Crippen LogP contribution in [0.3, 0.4) is 0 Å². The normalized spacial score (nSPS) is 18.3. The van der Waals surface area contributed by atoms with Gasteiger partial charge in [-0.2, -0.15) is 10.2 Å². The van der Waals surface area contributed by atoms with E-state index in [9.17, 15) is 9.59 Å². The Bertz CT molecular complexity index is 1540. The van der Waals surface area contributed by atoms with E-state index < -0.39 is 0 Å². The molecular weight excluding hydrogens is 506 g/mol. The number of hydrogen-bond donors (Lipinski definition) is 2. The zero-order valence-electron chi connectivity index (χ0n) is 23.0. The minimum Gasteiger partial charge on any atom is -0.325 e. The molecule has 2 N–H and O–H groups in total. The third-order valence-electron chi connectivity index (χ3n) is 8.16. The predicted octanol–water partition coefficient (Wildman–Crippen LogP) is 4.21. The van der Waals surface area contributed by atoms with Gasteiger partial charge in [0.25, 0.3) is 5.91 Å². The number of amides is 2. The van der Waals surface area contributed by atoms with Crippen LogP contribution in [0.4, 0.5) is 11.4 Å². The largest absolute Gasteiger partial charge is 0.325 e. The van der Waals surface area contributed by atoms with E-state index in [1.54, 1.807) is 40.1 Å². The Hall–Kier alpha value is -4.12. The standard InChI is InChI=1S/C29H35N9O2/c1-19-25(35-29(40)24-15-33-38-18-26(31-16-27(24)38)20-13-32-36(2)17-20)11-21(14-30-19)34-28(39)12-23-9-6-10-37(23)22-7-4-3-5-8-22/h11,13-18,22-23H,3-10,12H2,1-2H3,(H,34,39)(H,35,40)/t23-/m0/s1. The average molecular weight is 542 g/mol. The average Bonchev–Trinajstić information content (AvgIpc) is 3.70. The summed E-state index contributed by atoms with van der Waals surface area (Å²) in [7, 11) is 1.84. The van der Waals surface area contributed by atoms with Crippen molar-refractivity contribution in [3.05, 3.63) is 54.5 Å². The molecule has 11 nitrogen and oxygen atoms in total. The number of anilines is 2. The Morgan fingerprint density at radius 2 is 1.80 bits per heavy atom. The van der Waals surface area contributed by atoms with Gasteiger partial charge in [-0.25, -0.2) is 4.52 Å². The van der Waals surface area contributed by atoms with Gasteiger partial charge in [0.2, 0.25) is 5.91 Å². The SMILES string of the molecule is Cc1ncc(NC(=O)C[C@@H]2CCCN2C2CCCCC2)cc1NC(=O)c1cnn2cc(-c3cnn(C)c3)ncc12. The van der Waals surface area contributed by atoms with Gasteiger partial charge in [-0.1, -0.05) is 19.3 Å². The third kappa shape index (κ3) is 5.46. The summed E-state index contributed by atoms with van der Waals surface area (Å²) in [4.78, 5) is 37.7. The minimum atomic E-state index is -0.326. The monoisotopic (exact) mass is 541 g/mol. The molecule has 11 heteroatoms. The van der Waals surface area contributed by atoms with Crippen LogP contribution in [0, 0.1) is 6.92 Å². The summed E-state index contributed by atoms with van der Waals surface area (Å²) in [6.07, 6.45) is 19.3. The second-order valence-corrected chi connectivity index (χ2v) is 11.0. The lowest BCUT2D eigenvalue weighted by molar-refractivity contribution is -0.117. The molecule has 2 fully saturated rings. The molecule has 40 heavy (non-hydrogen) atoms. The molecular formula is C29H35N9O2. The van der Waals surface area contributed by atoms with Crippen LogP contribution in [0.15, 0.2) is 43.2 Å². The summed E-state index contributed by atoms with van der Waals surface area (Å²) in [5.41, 5.74) is 4.30. The molecule has 1 aliphatic heterocycles. The number of hydrogen-bond acceptors (Lipinski definition) is 7. The number of carbonyl (C=O) groups excluding carboxylic acids is 2. The van der Waals surface area contributed by atoms with Crippen molar-refractivity contribution in [2.45, 2.75) is 70.4 Å². The highest BCUT2D eigenvalue weighted by atomic mass is 16.2. The predicted molar refractivity (Wildman–Crippen MR) is 152 cm³/mol. The summed E-state index contributed by atoms with van der Waals surface area (Å²) in [6.45, 7) is 2.91.